The number of amides is 1. The normalized spacial score (nSPS) is 33.2. The summed E-state index contributed by atoms with van der Waals surface area (Å²) in [7, 11) is 1.70. The van der Waals surface area contributed by atoms with Gasteiger partial charge in [-0.3, -0.25) is 4.79 Å². The van der Waals surface area contributed by atoms with E-state index in [0.29, 0.717) is 19.6 Å². The fourth-order valence-electron chi connectivity index (χ4n) is 5.63. The lowest BCUT2D eigenvalue weighted by molar-refractivity contribution is -0.172. The van der Waals surface area contributed by atoms with E-state index in [9.17, 15) is 9.90 Å². The topological polar surface area (TPSA) is 49.8 Å². The van der Waals surface area contributed by atoms with Crippen LogP contribution in [0.2, 0.25) is 0 Å². The molecule has 3 aliphatic rings. The smallest absolute Gasteiger partial charge is 0.231 e. The molecule has 2 saturated carbocycles. The SMILES string of the molecule is COCC1(C(=O)N2CC[C@@](O)(c3ccccc3)[C@H]3CCCC[C@@H]32)CCC1. The van der Waals surface area contributed by atoms with Crippen molar-refractivity contribution < 1.29 is 14.6 Å². The van der Waals surface area contributed by atoms with E-state index in [1.165, 1.54) is 0 Å². The Morgan fingerprint density at radius 1 is 1.15 bits per heavy atom. The zero-order chi connectivity index (χ0) is 18.2. The fourth-order valence-corrected chi connectivity index (χ4v) is 5.63. The van der Waals surface area contributed by atoms with Crippen LogP contribution in [0.3, 0.4) is 0 Å². The van der Waals surface area contributed by atoms with Crippen molar-refractivity contribution in [3.05, 3.63) is 35.9 Å². The highest BCUT2D eigenvalue weighted by molar-refractivity contribution is 5.84. The molecule has 4 rings (SSSR count). The molecule has 0 spiro atoms. The summed E-state index contributed by atoms with van der Waals surface area (Å²) in [6.45, 7) is 1.18. The third-order valence-electron chi connectivity index (χ3n) is 7.20. The number of nitrogens with zero attached hydrogens (tertiary/aromatic N) is 1. The second kappa shape index (κ2) is 6.97. The molecule has 0 aromatic heterocycles. The van der Waals surface area contributed by atoms with Gasteiger partial charge >= 0.3 is 0 Å². The number of carbonyl (C=O) groups is 1. The second-order valence-corrected chi connectivity index (χ2v) is 8.56. The number of rotatable bonds is 4. The van der Waals surface area contributed by atoms with Crippen molar-refractivity contribution in [1.29, 1.82) is 0 Å². The molecule has 1 heterocycles. The molecule has 3 fully saturated rings. The van der Waals surface area contributed by atoms with Crippen molar-refractivity contribution in [2.24, 2.45) is 11.3 Å². The summed E-state index contributed by atoms with van der Waals surface area (Å²) in [6.07, 6.45) is 7.92. The van der Waals surface area contributed by atoms with Crippen molar-refractivity contribution in [2.75, 3.05) is 20.3 Å². The molecule has 142 valence electrons. The van der Waals surface area contributed by atoms with Crippen LogP contribution < -0.4 is 0 Å². The lowest BCUT2D eigenvalue weighted by Gasteiger charge is -2.55. The van der Waals surface area contributed by atoms with E-state index in [0.717, 1.165) is 50.5 Å². The summed E-state index contributed by atoms with van der Waals surface area (Å²) < 4.78 is 5.41. The van der Waals surface area contributed by atoms with Gasteiger partial charge in [-0.2, -0.15) is 0 Å². The lowest BCUT2D eigenvalue weighted by atomic mass is 9.64. The Morgan fingerprint density at radius 2 is 1.88 bits per heavy atom. The standard InChI is InChI=1S/C22H31NO3/c1-26-16-21(12-7-13-21)20(24)23-15-14-22(25,17-8-3-2-4-9-17)18-10-5-6-11-19(18)23/h2-4,8-9,18-19,25H,5-7,10-16H2,1H3/t18-,19-,22+/m0/s1. The second-order valence-electron chi connectivity index (χ2n) is 8.56. The zero-order valence-corrected chi connectivity index (χ0v) is 15.8. The number of carbonyl (C=O) groups excluding carboxylic acids is 1. The third kappa shape index (κ3) is 2.78. The van der Waals surface area contributed by atoms with Crippen molar-refractivity contribution in [2.45, 2.75) is 63.0 Å². The maximum absolute atomic E-state index is 13.5. The number of methoxy groups -OCH3 is 1. The summed E-state index contributed by atoms with van der Waals surface area (Å²) in [6, 6.07) is 10.2. The van der Waals surface area contributed by atoms with Gasteiger partial charge in [0, 0.05) is 25.6 Å². The van der Waals surface area contributed by atoms with Crippen molar-refractivity contribution in [3.8, 4) is 0 Å². The van der Waals surface area contributed by atoms with Gasteiger partial charge in [0.15, 0.2) is 0 Å². The Hall–Kier alpha value is -1.39. The van der Waals surface area contributed by atoms with Crippen molar-refractivity contribution >= 4 is 5.91 Å². The predicted molar refractivity (Wildman–Crippen MR) is 101 cm³/mol. The van der Waals surface area contributed by atoms with E-state index in [1.807, 2.05) is 30.3 Å². The first kappa shape index (κ1) is 18.0. The van der Waals surface area contributed by atoms with Crippen LogP contribution in [0.25, 0.3) is 0 Å². The maximum Gasteiger partial charge on any atom is 0.231 e. The molecule has 4 heteroatoms. The average Bonchev–Trinajstić information content (AvgIpc) is 2.65. The van der Waals surface area contributed by atoms with Crippen LogP contribution in [0.1, 0.15) is 56.9 Å². The average molecular weight is 357 g/mol. The minimum Gasteiger partial charge on any atom is -0.385 e. The first-order valence-electron chi connectivity index (χ1n) is 10.2. The maximum atomic E-state index is 13.5. The van der Waals surface area contributed by atoms with Gasteiger partial charge in [-0.25, -0.2) is 0 Å². The molecule has 0 unspecified atom stereocenters. The first-order valence-corrected chi connectivity index (χ1v) is 10.2. The van der Waals surface area contributed by atoms with Crippen LogP contribution in [0.15, 0.2) is 30.3 Å². The van der Waals surface area contributed by atoms with Gasteiger partial charge in [0.1, 0.15) is 0 Å². The minimum absolute atomic E-state index is 0.135. The highest BCUT2D eigenvalue weighted by Gasteiger charge is 2.54. The molecule has 1 saturated heterocycles. The van der Waals surface area contributed by atoms with E-state index in [-0.39, 0.29) is 23.3 Å². The first-order chi connectivity index (χ1) is 12.6. The van der Waals surface area contributed by atoms with E-state index < -0.39 is 5.60 Å². The Balaban J connectivity index is 1.62. The largest absolute Gasteiger partial charge is 0.385 e. The number of piperidine rings is 1. The van der Waals surface area contributed by atoms with Crippen LogP contribution in [0.5, 0.6) is 0 Å². The molecule has 2 aliphatic carbocycles. The zero-order valence-electron chi connectivity index (χ0n) is 15.8. The van der Waals surface area contributed by atoms with Crippen LogP contribution in [0, 0.1) is 11.3 Å². The molecule has 1 N–H and O–H groups in total. The Kier molecular flexibility index (Phi) is 4.83. The number of likely N-dealkylation sites (tertiary alicyclic amines) is 1. The van der Waals surface area contributed by atoms with E-state index in [4.69, 9.17) is 4.74 Å². The fraction of sp³-hybridized carbons (Fsp3) is 0.682. The van der Waals surface area contributed by atoms with E-state index >= 15 is 0 Å². The lowest BCUT2D eigenvalue weighted by Crippen LogP contribution is -2.62. The highest BCUT2D eigenvalue weighted by Crippen LogP contribution is 2.50. The molecule has 1 aromatic rings. The molecule has 0 bridgehead atoms. The molecule has 0 radical (unpaired) electrons. The number of ether oxygens (including phenoxy) is 1. The minimum atomic E-state index is -0.808. The van der Waals surface area contributed by atoms with Crippen LogP contribution in [-0.2, 0) is 15.1 Å². The molecular formula is C22H31NO3. The summed E-state index contributed by atoms with van der Waals surface area (Å²) in [5.41, 5.74) is -0.102. The Labute approximate surface area is 156 Å². The summed E-state index contributed by atoms with van der Waals surface area (Å²) >= 11 is 0. The van der Waals surface area contributed by atoms with Gasteiger partial charge < -0.3 is 14.7 Å². The molecule has 3 atom stereocenters. The number of fused-ring (bicyclic) bond motifs is 1. The van der Waals surface area contributed by atoms with Gasteiger partial charge in [-0.1, -0.05) is 49.6 Å². The molecule has 1 amide bonds. The van der Waals surface area contributed by atoms with E-state index in [1.54, 1.807) is 7.11 Å². The Morgan fingerprint density at radius 3 is 2.54 bits per heavy atom. The van der Waals surface area contributed by atoms with Gasteiger partial charge in [-0.05, 0) is 37.7 Å². The van der Waals surface area contributed by atoms with Crippen molar-refractivity contribution in [3.63, 3.8) is 0 Å². The molecule has 1 aromatic carbocycles. The van der Waals surface area contributed by atoms with Gasteiger partial charge in [-0.15, -0.1) is 0 Å². The quantitative estimate of drug-likeness (QED) is 0.897. The van der Waals surface area contributed by atoms with E-state index in [2.05, 4.69) is 4.90 Å². The van der Waals surface area contributed by atoms with Crippen LogP contribution in [-0.4, -0.2) is 42.2 Å². The van der Waals surface area contributed by atoms with Gasteiger partial charge in [0.25, 0.3) is 0 Å². The number of benzene rings is 1. The summed E-state index contributed by atoms with van der Waals surface area (Å²) in [5.74, 6) is 0.411. The highest BCUT2D eigenvalue weighted by atomic mass is 16.5. The summed E-state index contributed by atoms with van der Waals surface area (Å²) in [4.78, 5) is 15.6. The Bertz CT molecular complexity index is 642. The number of aliphatic hydroxyl groups is 1. The number of hydrogen-bond acceptors (Lipinski definition) is 3. The molecule has 26 heavy (non-hydrogen) atoms. The van der Waals surface area contributed by atoms with Gasteiger partial charge in [0.2, 0.25) is 5.91 Å². The van der Waals surface area contributed by atoms with Crippen LogP contribution in [0.4, 0.5) is 0 Å². The van der Waals surface area contributed by atoms with Gasteiger partial charge in [0.05, 0.1) is 17.6 Å². The predicted octanol–water partition coefficient (Wildman–Crippen LogP) is 3.48. The molecule has 4 nitrogen and oxygen atoms in total. The van der Waals surface area contributed by atoms with Crippen LogP contribution >= 0.6 is 0 Å². The molecular weight excluding hydrogens is 326 g/mol. The number of hydrogen-bond donors (Lipinski definition) is 1. The summed E-state index contributed by atoms with van der Waals surface area (Å²) in [5, 5.41) is 11.7. The third-order valence-corrected chi connectivity index (χ3v) is 7.20. The molecule has 1 aliphatic heterocycles. The van der Waals surface area contributed by atoms with Crippen molar-refractivity contribution in [1.82, 2.24) is 4.90 Å². The monoisotopic (exact) mass is 357 g/mol.